The van der Waals surface area contributed by atoms with Crippen LogP contribution in [0.1, 0.15) is 48.5 Å². The van der Waals surface area contributed by atoms with Crippen LogP contribution < -0.4 is 9.64 Å². The molecule has 2 aromatic rings. The van der Waals surface area contributed by atoms with E-state index >= 15 is 0 Å². The highest BCUT2D eigenvalue weighted by molar-refractivity contribution is 6.22. The van der Waals surface area contributed by atoms with Gasteiger partial charge in [0.1, 0.15) is 11.3 Å². The monoisotopic (exact) mass is 420 g/mol. The number of rotatable bonds is 5. The van der Waals surface area contributed by atoms with E-state index in [0.29, 0.717) is 22.7 Å². The maximum absolute atomic E-state index is 12.7. The number of methoxy groups -OCH3 is 1. The first-order valence-electron chi connectivity index (χ1n) is 10.4. The number of oxime groups is 1. The van der Waals surface area contributed by atoms with Crippen LogP contribution in [0.2, 0.25) is 0 Å². The lowest BCUT2D eigenvalue weighted by Crippen LogP contribution is -2.30. The highest BCUT2D eigenvalue weighted by atomic mass is 16.7. The number of para-hydroxylation sites is 1. The minimum absolute atomic E-state index is 0.0985. The van der Waals surface area contributed by atoms with E-state index in [2.05, 4.69) is 5.16 Å². The number of fused-ring (bicyclic) bond motifs is 1. The summed E-state index contributed by atoms with van der Waals surface area (Å²) in [6, 6.07) is 13.7. The van der Waals surface area contributed by atoms with Crippen molar-refractivity contribution in [1.29, 1.82) is 0 Å². The van der Waals surface area contributed by atoms with Crippen LogP contribution in [0.25, 0.3) is 0 Å². The molecule has 160 valence electrons. The molecular weight excluding hydrogens is 396 g/mol. The molecule has 2 unspecified atom stereocenters. The summed E-state index contributed by atoms with van der Waals surface area (Å²) in [7, 11) is 1.48. The second-order valence-electron chi connectivity index (χ2n) is 7.81. The van der Waals surface area contributed by atoms with Crippen LogP contribution in [0.3, 0.4) is 0 Å². The Labute approximate surface area is 180 Å². The van der Waals surface area contributed by atoms with E-state index in [9.17, 15) is 14.4 Å². The van der Waals surface area contributed by atoms with Crippen molar-refractivity contribution < 1.29 is 24.0 Å². The van der Waals surface area contributed by atoms with Crippen molar-refractivity contribution in [2.75, 3.05) is 12.0 Å². The summed E-state index contributed by atoms with van der Waals surface area (Å²) in [5.41, 5.74) is 2.05. The minimum Gasteiger partial charge on any atom is -0.496 e. The maximum atomic E-state index is 12.7. The Kier molecular flexibility index (Phi) is 5.84. The van der Waals surface area contributed by atoms with Gasteiger partial charge in [-0.3, -0.25) is 14.5 Å². The van der Waals surface area contributed by atoms with Gasteiger partial charge in [-0.05, 0) is 49.6 Å². The van der Waals surface area contributed by atoms with E-state index in [1.807, 2.05) is 0 Å². The fourth-order valence-electron chi connectivity index (χ4n) is 4.29. The fraction of sp³-hybridized carbons (Fsp3) is 0.333. The van der Waals surface area contributed by atoms with Crippen molar-refractivity contribution in [1.82, 2.24) is 0 Å². The minimum atomic E-state index is -0.621. The summed E-state index contributed by atoms with van der Waals surface area (Å²) in [5.74, 6) is -0.774. The zero-order valence-electron chi connectivity index (χ0n) is 17.5. The molecule has 7 nitrogen and oxygen atoms in total. The quantitative estimate of drug-likeness (QED) is 0.316. The first-order valence-corrected chi connectivity index (χ1v) is 10.4. The predicted octanol–water partition coefficient (Wildman–Crippen LogP) is 3.96. The van der Waals surface area contributed by atoms with Crippen LogP contribution in [-0.4, -0.2) is 30.6 Å². The summed E-state index contributed by atoms with van der Waals surface area (Å²) in [5, 5.41) is 3.93. The second-order valence-corrected chi connectivity index (χ2v) is 7.81. The van der Waals surface area contributed by atoms with Gasteiger partial charge in [-0.25, -0.2) is 4.79 Å². The first-order chi connectivity index (χ1) is 15.0. The average Bonchev–Trinajstić information content (AvgIpc) is 3.07. The van der Waals surface area contributed by atoms with Gasteiger partial charge in [0, 0.05) is 0 Å². The van der Waals surface area contributed by atoms with Crippen LogP contribution in [0.4, 0.5) is 5.69 Å². The fourth-order valence-corrected chi connectivity index (χ4v) is 4.29. The summed E-state index contributed by atoms with van der Waals surface area (Å²) in [6.07, 6.45) is 3.56. The van der Waals surface area contributed by atoms with E-state index < -0.39 is 5.97 Å². The van der Waals surface area contributed by atoms with E-state index in [-0.39, 0.29) is 29.2 Å². The highest BCUT2D eigenvalue weighted by Crippen LogP contribution is 2.40. The zero-order chi connectivity index (χ0) is 22.0. The van der Waals surface area contributed by atoms with E-state index in [1.165, 1.54) is 12.0 Å². The normalized spacial score (nSPS) is 21.1. The predicted molar refractivity (Wildman–Crippen MR) is 115 cm³/mol. The number of imide groups is 1. The number of hydrogen-bond donors (Lipinski definition) is 0. The standard InChI is InChI=1S/C24H24N2O5/c1-15(25-31-24(29)20-9-5-6-10-21(20)30-2)16-11-13-17(14-12-16)26-22(27)18-7-3-4-8-19(18)23(26)28/h5-6,9-14,18-19H,3-4,7-8H2,1-2H3. The van der Waals surface area contributed by atoms with Crippen molar-refractivity contribution >= 4 is 29.2 Å². The van der Waals surface area contributed by atoms with Crippen LogP contribution in [0.15, 0.2) is 53.7 Å². The van der Waals surface area contributed by atoms with Gasteiger partial charge < -0.3 is 9.57 Å². The molecule has 1 aliphatic heterocycles. The van der Waals surface area contributed by atoms with E-state index in [1.54, 1.807) is 55.5 Å². The molecule has 0 spiro atoms. The Morgan fingerprint density at radius 2 is 1.58 bits per heavy atom. The number of carbonyl (C=O) groups excluding carboxylic acids is 3. The largest absolute Gasteiger partial charge is 0.496 e. The molecule has 2 fully saturated rings. The number of anilines is 1. The van der Waals surface area contributed by atoms with Gasteiger partial charge in [0.25, 0.3) is 0 Å². The summed E-state index contributed by atoms with van der Waals surface area (Å²) >= 11 is 0. The molecule has 1 aliphatic carbocycles. The summed E-state index contributed by atoms with van der Waals surface area (Å²) in [6.45, 7) is 1.71. The molecule has 1 saturated carbocycles. The molecule has 2 atom stereocenters. The molecule has 2 aromatic carbocycles. The Hall–Kier alpha value is -3.48. The van der Waals surface area contributed by atoms with Crippen molar-refractivity contribution in [3.63, 3.8) is 0 Å². The molecule has 2 aliphatic rings. The Balaban J connectivity index is 1.47. The molecule has 0 aromatic heterocycles. The molecule has 1 heterocycles. The topological polar surface area (TPSA) is 85.3 Å². The van der Waals surface area contributed by atoms with Gasteiger partial charge in [-0.15, -0.1) is 0 Å². The Morgan fingerprint density at radius 1 is 0.968 bits per heavy atom. The van der Waals surface area contributed by atoms with Crippen LogP contribution in [0, 0.1) is 11.8 Å². The molecule has 7 heteroatoms. The van der Waals surface area contributed by atoms with Crippen molar-refractivity contribution in [3.8, 4) is 5.75 Å². The third kappa shape index (κ3) is 3.95. The van der Waals surface area contributed by atoms with Gasteiger partial charge in [0.2, 0.25) is 11.8 Å². The third-order valence-electron chi connectivity index (χ3n) is 5.98. The molecule has 0 N–H and O–H groups in total. The smallest absolute Gasteiger partial charge is 0.369 e. The van der Waals surface area contributed by atoms with Gasteiger partial charge in [0.15, 0.2) is 0 Å². The molecule has 1 saturated heterocycles. The van der Waals surface area contributed by atoms with Crippen molar-refractivity contribution in [3.05, 3.63) is 59.7 Å². The molecule has 0 radical (unpaired) electrons. The Bertz CT molecular complexity index is 1020. The van der Waals surface area contributed by atoms with E-state index in [4.69, 9.17) is 9.57 Å². The highest BCUT2D eigenvalue weighted by Gasteiger charge is 2.48. The van der Waals surface area contributed by atoms with Crippen molar-refractivity contribution in [2.45, 2.75) is 32.6 Å². The van der Waals surface area contributed by atoms with Crippen LogP contribution in [-0.2, 0) is 14.4 Å². The average molecular weight is 420 g/mol. The second kappa shape index (κ2) is 8.71. The molecule has 0 bridgehead atoms. The number of hydrogen-bond acceptors (Lipinski definition) is 6. The lowest BCUT2D eigenvalue weighted by molar-refractivity contribution is -0.122. The van der Waals surface area contributed by atoms with Crippen LogP contribution in [0.5, 0.6) is 5.75 Å². The van der Waals surface area contributed by atoms with E-state index in [0.717, 1.165) is 25.7 Å². The number of nitrogens with zero attached hydrogens (tertiary/aromatic N) is 2. The van der Waals surface area contributed by atoms with Crippen LogP contribution >= 0.6 is 0 Å². The lowest BCUT2D eigenvalue weighted by Gasteiger charge is -2.19. The molecule has 2 amide bonds. The number of carbonyl (C=O) groups is 3. The number of amides is 2. The summed E-state index contributed by atoms with van der Waals surface area (Å²) < 4.78 is 5.16. The van der Waals surface area contributed by atoms with Gasteiger partial charge in [-0.2, -0.15) is 0 Å². The molecule has 4 rings (SSSR count). The maximum Gasteiger partial charge on any atom is 0.369 e. The SMILES string of the molecule is COc1ccccc1C(=O)ON=C(C)c1ccc(N2C(=O)C3CCCCC3C2=O)cc1. The zero-order valence-corrected chi connectivity index (χ0v) is 17.5. The third-order valence-corrected chi connectivity index (χ3v) is 5.98. The van der Waals surface area contributed by atoms with Crippen molar-refractivity contribution in [2.24, 2.45) is 17.0 Å². The van der Waals surface area contributed by atoms with Gasteiger partial charge in [0.05, 0.1) is 30.3 Å². The number of benzene rings is 2. The first kappa shape index (κ1) is 20.8. The van der Waals surface area contributed by atoms with Gasteiger partial charge >= 0.3 is 5.97 Å². The van der Waals surface area contributed by atoms with Gasteiger partial charge in [-0.1, -0.05) is 42.3 Å². The molecule has 31 heavy (non-hydrogen) atoms. The lowest BCUT2D eigenvalue weighted by atomic mass is 9.81. The Morgan fingerprint density at radius 3 is 2.19 bits per heavy atom. The number of ether oxygens (including phenoxy) is 1. The summed E-state index contributed by atoms with van der Waals surface area (Å²) in [4.78, 5) is 44.2. The molecular formula is C24H24N2O5.